The topological polar surface area (TPSA) is 122 Å². The van der Waals surface area contributed by atoms with Gasteiger partial charge < -0.3 is 15.9 Å². The summed E-state index contributed by atoms with van der Waals surface area (Å²) in [7, 11) is 0. The lowest BCUT2D eigenvalue weighted by atomic mass is 10.1. The lowest BCUT2D eigenvalue weighted by Crippen LogP contribution is -2.34. The Labute approximate surface area is 127 Å². The summed E-state index contributed by atoms with van der Waals surface area (Å²) in [5.41, 5.74) is 7.89. The number of carbonyl (C=O) groups excluding carboxylic acids is 2. The zero-order chi connectivity index (χ0) is 15.5. The van der Waals surface area contributed by atoms with Crippen molar-refractivity contribution in [1.29, 1.82) is 0 Å². The summed E-state index contributed by atoms with van der Waals surface area (Å²) >= 11 is 0. The first-order valence-electron chi connectivity index (χ1n) is 7.52. The van der Waals surface area contributed by atoms with Gasteiger partial charge in [-0.2, -0.15) is 5.10 Å². The molecule has 8 nitrogen and oxygen atoms in total. The number of H-pyrrole nitrogens is 1. The van der Waals surface area contributed by atoms with Gasteiger partial charge in [0.2, 0.25) is 0 Å². The summed E-state index contributed by atoms with van der Waals surface area (Å²) < 4.78 is 0. The van der Waals surface area contributed by atoms with Gasteiger partial charge in [-0.25, -0.2) is 0 Å². The van der Waals surface area contributed by atoms with Crippen LogP contribution in [0.15, 0.2) is 5.16 Å². The number of nitrogens with one attached hydrogen (secondary N) is 2. The van der Waals surface area contributed by atoms with Crippen molar-refractivity contribution in [2.45, 2.75) is 44.6 Å². The number of oxime groups is 1. The molecular weight excluding hydrogens is 286 g/mol. The van der Waals surface area contributed by atoms with Crippen LogP contribution in [0.4, 0.5) is 0 Å². The van der Waals surface area contributed by atoms with Crippen LogP contribution < -0.4 is 11.1 Å². The van der Waals surface area contributed by atoms with Crippen molar-refractivity contribution >= 4 is 17.5 Å². The SMILES string of the molecule is NC(=O)C1=NOC(CNC(=O)c2n[nH]c3c2CCCCC3)C1. The molecule has 0 radical (unpaired) electrons. The van der Waals surface area contributed by atoms with Crippen LogP contribution in [0.2, 0.25) is 0 Å². The van der Waals surface area contributed by atoms with Crippen molar-refractivity contribution in [2.24, 2.45) is 10.9 Å². The highest BCUT2D eigenvalue weighted by Gasteiger charge is 2.26. The van der Waals surface area contributed by atoms with E-state index in [-0.39, 0.29) is 24.3 Å². The van der Waals surface area contributed by atoms with Crippen LogP contribution >= 0.6 is 0 Å². The van der Waals surface area contributed by atoms with Crippen molar-refractivity contribution in [2.75, 3.05) is 6.54 Å². The summed E-state index contributed by atoms with van der Waals surface area (Å²) in [6.45, 7) is 0.265. The Kier molecular flexibility index (Phi) is 4.08. The van der Waals surface area contributed by atoms with Crippen LogP contribution in [-0.4, -0.2) is 40.4 Å². The minimum Gasteiger partial charge on any atom is -0.390 e. The molecule has 1 aliphatic heterocycles. The Morgan fingerprint density at radius 1 is 1.32 bits per heavy atom. The minimum absolute atomic E-state index is 0.202. The molecule has 8 heteroatoms. The van der Waals surface area contributed by atoms with Gasteiger partial charge in [0.1, 0.15) is 5.71 Å². The molecule has 118 valence electrons. The Morgan fingerprint density at radius 2 is 2.14 bits per heavy atom. The number of aryl methyl sites for hydroxylation is 1. The predicted molar refractivity (Wildman–Crippen MR) is 78.3 cm³/mol. The molecule has 1 aromatic rings. The molecular formula is C14H19N5O3. The fourth-order valence-electron chi connectivity index (χ4n) is 2.82. The number of nitrogens with zero attached hydrogens (tertiary/aromatic N) is 2. The molecule has 1 aliphatic carbocycles. The Bertz CT molecular complexity index is 622. The summed E-state index contributed by atoms with van der Waals surface area (Å²) in [5.74, 6) is -0.818. The van der Waals surface area contributed by atoms with Crippen molar-refractivity contribution in [3.05, 3.63) is 17.0 Å². The molecule has 1 aromatic heterocycles. The molecule has 0 spiro atoms. The third-order valence-electron chi connectivity index (χ3n) is 4.03. The van der Waals surface area contributed by atoms with E-state index in [9.17, 15) is 9.59 Å². The molecule has 2 aliphatic rings. The van der Waals surface area contributed by atoms with E-state index in [2.05, 4.69) is 20.7 Å². The first-order chi connectivity index (χ1) is 10.6. The number of fused-ring (bicyclic) bond motifs is 1. The normalized spacial score (nSPS) is 20.5. The van der Waals surface area contributed by atoms with Gasteiger partial charge in [-0.15, -0.1) is 0 Å². The highest BCUT2D eigenvalue weighted by Crippen LogP contribution is 2.21. The van der Waals surface area contributed by atoms with Gasteiger partial charge in [0.15, 0.2) is 11.8 Å². The van der Waals surface area contributed by atoms with Crippen LogP contribution in [0.3, 0.4) is 0 Å². The fourth-order valence-corrected chi connectivity index (χ4v) is 2.82. The van der Waals surface area contributed by atoms with Crippen LogP contribution in [0, 0.1) is 0 Å². The van der Waals surface area contributed by atoms with Gasteiger partial charge in [0.05, 0.1) is 6.54 Å². The van der Waals surface area contributed by atoms with Crippen LogP contribution in [-0.2, 0) is 22.5 Å². The van der Waals surface area contributed by atoms with Gasteiger partial charge in [-0.1, -0.05) is 11.6 Å². The van der Waals surface area contributed by atoms with Crippen molar-refractivity contribution in [3.63, 3.8) is 0 Å². The number of hydrogen-bond donors (Lipinski definition) is 3. The molecule has 0 saturated heterocycles. The largest absolute Gasteiger partial charge is 0.390 e. The number of hydrogen-bond acceptors (Lipinski definition) is 5. The smallest absolute Gasteiger partial charge is 0.272 e. The second kappa shape index (κ2) is 6.17. The molecule has 0 fully saturated rings. The number of aromatic amines is 1. The lowest BCUT2D eigenvalue weighted by molar-refractivity contribution is -0.112. The number of carbonyl (C=O) groups is 2. The van der Waals surface area contributed by atoms with Crippen LogP contribution in [0.5, 0.6) is 0 Å². The maximum Gasteiger partial charge on any atom is 0.272 e. The van der Waals surface area contributed by atoms with Gasteiger partial charge in [-0.3, -0.25) is 14.7 Å². The van der Waals surface area contributed by atoms with Gasteiger partial charge in [0.25, 0.3) is 11.8 Å². The van der Waals surface area contributed by atoms with Gasteiger partial charge in [0, 0.05) is 17.7 Å². The van der Waals surface area contributed by atoms with Crippen LogP contribution in [0.1, 0.15) is 47.4 Å². The quantitative estimate of drug-likeness (QED) is 0.679. The number of nitrogens with two attached hydrogens (primary N) is 1. The zero-order valence-electron chi connectivity index (χ0n) is 12.2. The third kappa shape index (κ3) is 2.95. The lowest BCUT2D eigenvalue weighted by Gasteiger charge is -2.09. The maximum absolute atomic E-state index is 12.3. The van der Waals surface area contributed by atoms with Gasteiger partial charge >= 0.3 is 0 Å². The maximum atomic E-state index is 12.3. The standard InChI is InChI=1S/C14H19N5O3/c15-13(20)11-6-8(22-19-11)7-16-14(21)12-9-4-2-1-3-5-10(9)17-18-12/h8H,1-7H2,(H2,15,20)(H,16,21)(H,17,18). The molecule has 2 amide bonds. The highest BCUT2D eigenvalue weighted by molar-refractivity contribution is 6.38. The number of primary amides is 1. The molecule has 0 aromatic carbocycles. The summed E-state index contributed by atoms with van der Waals surface area (Å²) in [4.78, 5) is 28.3. The van der Waals surface area contributed by atoms with E-state index in [0.717, 1.165) is 36.9 Å². The zero-order valence-corrected chi connectivity index (χ0v) is 12.2. The third-order valence-corrected chi connectivity index (χ3v) is 4.03. The van der Waals surface area contributed by atoms with E-state index < -0.39 is 5.91 Å². The predicted octanol–water partition coefficient (Wildman–Crippen LogP) is 0.0386. The number of aromatic nitrogens is 2. The Hall–Kier alpha value is -2.38. The number of amides is 2. The highest BCUT2D eigenvalue weighted by atomic mass is 16.6. The summed E-state index contributed by atoms with van der Waals surface area (Å²) in [6.07, 6.45) is 5.15. The number of rotatable bonds is 4. The average Bonchev–Trinajstić information content (AvgIpc) is 3.07. The summed E-state index contributed by atoms with van der Waals surface area (Å²) in [5, 5.41) is 13.5. The van der Waals surface area contributed by atoms with E-state index in [0.29, 0.717) is 12.1 Å². The minimum atomic E-state index is -0.591. The second-order valence-corrected chi connectivity index (χ2v) is 5.63. The molecule has 0 bridgehead atoms. The molecule has 4 N–H and O–H groups in total. The molecule has 0 saturated carbocycles. The van der Waals surface area contributed by atoms with E-state index in [1.165, 1.54) is 6.42 Å². The second-order valence-electron chi connectivity index (χ2n) is 5.63. The van der Waals surface area contributed by atoms with E-state index >= 15 is 0 Å². The van der Waals surface area contributed by atoms with Crippen molar-refractivity contribution in [3.8, 4) is 0 Å². The molecule has 2 heterocycles. The average molecular weight is 305 g/mol. The molecule has 22 heavy (non-hydrogen) atoms. The van der Waals surface area contributed by atoms with E-state index in [4.69, 9.17) is 10.6 Å². The Balaban J connectivity index is 1.57. The van der Waals surface area contributed by atoms with E-state index in [1.54, 1.807) is 0 Å². The first kappa shape index (κ1) is 14.6. The first-order valence-corrected chi connectivity index (χ1v) is 7.52. The van der Waals surface area contributed by atoms with Crippen molar-refractivity contribution < 1.29 is 14.4 Å². The van der Waals surface area contributed by atoms with Crippen molar-refractivity contribution in [1.82, 2.24) is 15.5 Å². The monoisotopic (exact) mass is 305 g/mol. The molecule has 3 rings (SSSR count). The molecule has 1 unspecified atom stereocenters. The van der Waals surface area contributed by atoms with E-state index in [1.807, 2.05) is 0 Å². The van der Waals surface area contributed by atoms with Crippen LogP contribution in [0.25, 0.3) is 0 Å². The Morgan fingerprint density at radius 3 is 2.91 bits per heavy atom. The molecule has 1 atom stereocenters. The fraction of sp³-hybridized carbons (Fsp3) is 0.571. The van der Waals surface area contributed by atoms with Gasteiger partial charge in [-0.05, 0) is 25.7 Å². The summed E-state index contributed by atoms with van der Waals surface area (Å²) in [6, 6.07) is 0.